The van der Waals surface area contributed by atoms with Crippen LogP contribution < -0.4 is 9.64 Å². The van der Waals surface area contributed by atoms with Crippen molar-refractivity contribution in [2.45, 2.75) is 12.8 Å². The van der Waals surface area contributed by atoms with Crippen molar-refractivity contribution in [1.29, 1.82) is 0 Å². The summed E-state index contributed by atoms with van der Waals surface area (Å²) < 4.78 is 5.17. The number of alkyl halides is 1. The average molecular weight is 277 g/mol. The van der Waals surface area contributed by atoms with Crippen LogP contribution >= 0.6 is 11.6 Å². The van der Waals surface area contributed by atoms with Crippen molar-refractivity contribution >= 4 is 23.0 Å². The summed E-state index contributed by atoms with van der Waals surface area (Å²) in [5.74, 6) is 1.30. The van der Waals surface area contributed by atoms with Crippen LogP contribution in [0.3, 0.4) is 0 Å². The quantitative estimate of drug-likeness (QED) is 0.792. The summed E-state index contributed by atoms with van der Waals surface area (Å²) in [6.45, 7) is 1.98. The van der Waals surface area contributed by atoms with E-state index in [4.69, 9.17) is 16.3 Å². The summed E-state index contributed by atoms with van der Waals surface area (Å²) in [4.78, 5) is 6.39. The standard InChI is InChI=1S/C15H17ClN2O/c1-11-8-15(12(9-16)10-17-11)18(2)13-4-6-14(19-3)7-5-13/h4-8,10H,9H2,1-3H3. The largest absolute Gasteiger partial charge is 0.497 e. The molecule has 1 aromatic heterocycles. The van der Waals surface area contributed by atoms with E-state index in [1.54, 1.807) is 7.11 Å². The van der Waals surface area contributed by atoms with E-state index in [0.717, 1.165) is 28.4 Å². The topological polar surface area (TPSA) is 25.4 Å². The van der Waals surface area contributed by atoms with Gasteiger partial charge in [0.15, 0.2) is 0 Å². The number of methoxy groups -OCH3 is 1. The lowest BCUT2D eigenvalue weighted by Gasteiger charge is -2.22. The van der Waals surface area contributed by atoms with Crippen molar-refractivity contribution in [2.75, 3.05) is 19.1 Å². The first kappa shape index (κ1) is 13.7. The van der Waals surface area contributed by atoms with E-state index in [9.17, 15) is 0 Å². The molecule has 0 saturated carbocycles. The summed E-state index contributed by atoms with van der Waals surface area (Å²) in [6.07, 6.45) is 1.83. The normalized spacial score (nSPS) is 10.3. The zero-order chi connectivity index (χ0) is 13.8. The Kier molecular flexibility index (Phi) is 4.27. The van der Waals surface area contributed by atoms with E-state index in [1.165, 1.54) is 0 Å². The van der Waals surface area contributed by atoms with Gasteiger partial charge in [-0.15, -0.1) is 11.6 Å². The third kappa shape index (κ3) is 2.99. The molecule has 0 aliphatic heterocycles. The van der Waals surface area contributed by atoms with Gasteiger partial charge in [0.2, 0.25) is 0 Å². The Bertz CT molecular complexity index is 555. The van der Waals surface area contributed by atoms with Gasteiger partial charge < -0.3 is 9.64 Å². The van der Waals surface area contributed by atoms with E-state index in [-0.39, 0.29) is 0 Å². The average Bonchev–Trinajstić information content (AvgIpc) is 2.46. The maximum Gasteiger partial charge on any atom is 0.119 e. The molecule has 100 valence electrons. The highest BCUT2D eigenvalue weighted by molar-refractivity contribution is 6.17. The van der Waals surface area contributed by atoms with Crippen molar-refractivity contribution < 1.29 is 4.74 Å². The number of hydrogen-bond acceptors (Lipinski definition) is 3. The molecule has 0 amide bonds. The van der Waals surface area contributed by atoms with E-state index >= 15 is 0 Å². The van der Waals surface area contributed by atoms with Gasteiger partial charge >= 0.3 is 0 Å². The molecule has 0 radical (unpaired) electrons. The number of aryl methyl sites for hydroxylation is 1. The van der Waals surface area contributed by atoms with Gasteiger partial charge in [0.25, 0.3) is 0 Å². The number of ether oxygens (including phenoxy) is 1. The lowest BCUT2D eigenvalue weighted by molar-refractivity contribution is 0.415. The highest BCUT2D eigenvalue weighted by Crippen LogP contribution is 2.29. The minimum atomic E-state index is 0.448. The molecule has 0 bridgehead atoms. The molecule has 0 unspecified atom stereocenters. The molecule has 2 rings (SSSR count). The van der Waals surface area contributed by atoms with Crippen LogP contribution in [0.1, 0.15) is 11.3 Å². The molecule has 4 heteroatoms. The smallest absolute Gasteiger partial charge is 0.119 e. The fraction of sp³-hybridized carbons (Fsp3) is 0.267. The molecular weight excluding hydrogens is 260 g/mol. The molecule has 0 fully saturated rings. The lowest BCUT2D eigenvalue weighted by Crippen LogP contribution is -2.12. The van der Waals surface area contributed by atoms with Crippen molar-refractivity contribution in [1.82, 2.24) is 4.98 Å². The van der Waals surface area contributed by atoms with E-state index in [1.807, 2.05) is 50.5 Å². The molecule has 1 aromatic carbocycles. The highest BCUT2D eigenvalue weighted by atomic mass is 35.5. The number of halogens is 1. The number of benzene rings is 1. The molecule has 0 N–H and O–H groups in total. The van der Waals surface area contributed by atoms with Gasteiger partial charge in [-0.3, -0.25) is 4.98 Å². The van der Waals surface area contributed by atoms with E-state index in [0.29, 0.717) is 5.88 Å². The van der Waals surface area contributed by atoms with Crippen molar-refractivity contribution in [2.24, 2.45) is 0 Å². The van der Waals surface area contributed by atoms with Crippen LogP contribution in [0.4, 0.5) is 11.4 Å². The van der Waals surface area contributed by atoms with Crippen LogP contribution in [0, 0.1) is 6.92 Å². The molecule has 0 atom stereocenters. The molecule has 1 heterocycles. The van der Waals surface area contributed by atoms with E-state index < -0.39 is 0 Å². The summed E-state index contributed by atoms with van der Waals surface area (Å²) in [5.41, 5.74) is 4.15. The number of rotatable bonds is 4. The van der Waals surface area contributed by atoms with Crippen molar-refractivity contribution in [3.05, 3.63) is 47.8 Å². The van der Waals surface area contributed by atoms with Crippen molar-refractivity contribution in [3.63, 3.8) is 0 Å². The summed E-state index contributed by atoms with van der Waals surface area (Å²) >= 11 is 5.98. The van der Waals surface area contributed by atoms with E-state index in [2.05, 4.69) is 9.88 Å². The van der Waals surface area contributed by atoms with Gasteiger partial charge in [-0.2, -0.15) is 0 Å². The van der Waals surface area contributed by atoms with Gasteiger partial charge in [0.05, 0.1) is 13.0 Å². The Labute approximate surface area is 118 Å². The first-order valence-corrected chi connectivity index (χ1v) is 6.58. The predicted octanol–water partition coefficient (Wildman–Crippen LogP) is 3.91. The van der Waals surface area contributed by atoms with Gasteiger partial charge in [0.1, 0.15) is 5.75 Å². The zero-order valence-electron chi connectivity index (χ0n) is 11.4. The Balaban J connectivity index is 2.36. The van der Waals surface area contributed by atoms with Gasteiger partial charge in [-0.25, -0.2) is 0 Å². The Morgan fingerprint density at radius 2 is 1.95 bits per heavy atom. The summed E-state index contributed by atoms with van der Waals surface area (Å²) in [6, 6.07) is 9.97. The Hall–Kier alpha value is -1.74. The molecule has 2 aromatic rings. The molecule has 3 nitrogen and oxygen atoms in total. The SMILES string of the molecule is COc1ccc(N(C)c2cc(C)ncc2CCl)cc1. The summed E-state index contributed by atoms with van der Waals surface area (Å²) in [5, 5.41) is 0. The fourth-order valence-electron chi connectivity index (χ4n) is 1.93. The first-order valence-electron chi connectivity index (χ1n) is 6.05. The number of nitrogens with zero attached hydrogens (tertiary/aromatic N) is 2. The second-order valence-electron chi connectivity index (χ2n) is 4.35. The second-order valence-corrected chi connectivity index (χ2v) is 4.61. The number of hydrogen-bond donors (Lipinski definition) is 0. The Morgan fingerprint density at radius 1 is 1.26 bits per heavy atom. The molecule has 0 saturated heterocycles. The first-order chi connectivity index (χ1) is 9.15. The second kappa shape index (κ2) is 5.93. The number of pyridine rings is 1. The molecular formula is C15H17ClN2O. The van der Waals surface area contributed by atoms with Crippen LogP contribution in [-0.4, -0.2) is 19.1 Å². The van der Waals surface area contributed by atoms with Crippen LogP contribution in [-0.2, 0) is 5.88 Å². The maximum absolute atomic E-state index is 5.98. The number of aromatic nitrogens is 1. The van der Waals surface area contributed by atoms with Crippen molar-refractivity contribution in [3.8, 4) is 5.75 Å². The molecule has 0 aliphatic rings. The summed E-state index contributed by atoms with van der Waals surface area (Å²) in [7, 11) is 3.68. The number of anilines is 2. The monoisotopic (exact) mass is 276 g/mol. The van der Waals surface area contributed by atoms with Gasteiger partial charge in [-0.1, -0.05) is 0 Å². The third-order valence-corrected chi connectivity index (χ3v) is 3.35. The van der Waals surface area contributed by atoms with Gasteiger partial charge in [0, 0.05) is 35.9 Å². The molecule has 19 heavy (non-hydrogen) atoms. The third-order valence-electron chi connectivity index (χ3n) is 3.06. The maximum atomic E-state index is 5.98. The van der Waals surface area contributed by atoms with Crippen LogP contribution in [0.2, 0.25) is 0 Å². The lowest BCUT2D eigenvalue weighted by atomic mass is 10.2. The van der Waals surface area contributed by atoms with Crippen LogP contribution in [0.5, 0.6) is 5.75 Å². The molecule has 0 aliphatic carbocycles. The minimum Gasteiger partial charge on any atom is -0.497 e. The Morgan fingerprint density at radius 3 is 2.53 bits per heavy atom. The predicted molar refractivity (Wildman–Crippen MR) is 79.6 cm³/mol. The highest BCUT2D eigenvalue weighted by Gasteiger charge is 2.10. The zero-order valence-corrected chi connectivity index (χ0v) is 12.1. The minimum absolute atomic E-state index is 0.448. The van der Waals surface area contributed by atoms with Gasteiger partial charge in [-0.05, 0) is 37.3 Å². The fourth-order valence-corrected chi connectivity index (χ4v) is 2.14. The van der Waals surface area contributed by atoms with Crippen LogP contribution in [0.15, 0.2) is 36.5 Å². The van der Waals surface area contributed by atoms with Crippen LogP contribution in [0.25, 0.3) is 0 Å². The molecule has 0 spiro atoms.